The van der Waals surface area contributed by atoms with Crippen molar-refractivity contribution in [3.8, 4) is 5.75 Å². The topological polar surface area (TPSA) is 24.5 Å². The molecule has 0 aromatic heterocycles. The summed E-state index contributed by atoms with van der Waals surface area (Å²) in [4.78, 5) is 2.38. The number of likely N-dealkylation sites (tertiary alicyclic amines) is 1. The van der Waals surface area contributed by atoms with Crippen molar-refractivity contribution in [2.24, 2.45) is 0 Å². The summed E-state index contributed by atoms with van der Waals surface area (Å²) in [6.45, 7) is 7.78. The Bertz CT molecular complexity index is 413. The van der Waals surface area contributed by atoms with Crippen LogP contribution in [-0.4, -0.2) is 37.7 Å². The summed E-state index contributed by atoms with van der Waals surface area (Å²) in [6, 6.07) is 8.94. The van der Waals surface area contributed by atoms with Gasteiger partial charge in [-0.2, -0.15) is 0 Å². The van der Waals surface area contributed by atoms with Crippen molar-refractivity contribution < 1.29 is 4.74 Å². The van der Waals surface area contributed by atoms with Gasteiger partial charge in [0.15, 0.2) is 0 Å². The van der Waals surface area contributed by atoms with Crippen LogP contribution >= 0.6 is 0 Å². The lowest BCUT2D eigenvalue weighted by Gasteiger charge is -2.30. The molecule has 3 nitrogen and oxygen atoms in total. The molecule has 1 saturated heterocycles. The van der Waals surface area contributed by atoms with Crippen molar-refractivity contribution in [3.05, 3.63) is 29.8 Å². The van der Waals surface area contributed by atoms with Gasteiger partial charge >= 0.3 is 0 Å². The smallest absolute Gasteiger partial charge is 0.124 e. The third-order valence-electron chi connectivity index (χ3n) is 4.30. The largest absolute Gasteiger partial charge is 0.490 e. The Labute approximate surface area is 129 Å². The monoisotopic (exact) mass is 290 g/mol. The third-order valence-corrected chi connectivity index (χ3v) is 4.30. The van der Waals surface area contributed by atoms with Gasteiger partial charge in [0, 0.05) is 24.7 Å². The quantitative estimate of drug-likeness (QED) is 0.830. The molecule has 0 amide bonds. The molecule has 1 unspecified atom stereocenters. The number of hydrogen-bond donors (Lipinski definition) is 1. The highest BCUT2D eigenvalue weighted by Gasteiger charge is 2.20. The van der Waals surface area contributed by atoms with Crippen LogP contribution in [0.25, 0.3) is 0 Å². The molecule has 0 spiro atoms. The Balaban J connectivity index is 2.05. The summed E-state index contributed by atoms with van der Waals surface area (Å²) in [5.41, 5.74) is 1.31. The Kier molecular flexibility index (Phi) is 6.52. The van der Waals surface area contributed by atoms with E-state index in [1.165, 1.54) is 5.56 Å². The minimum absolute atomic E-state index is 0.367. The molecule has 21 heavy (non-hydrogen) atoms. The summed E-state index contributed by atoms with van der Waals surface area (Å²) >= 11 is 0. The lowest BCUT2D eigenvalue weighted by Crippen LogP contribution is -2.36. The van der Waals surface area contributed by atoms with E-state index in [0.717, 1.165) is 51.1 Å². The van der Waals surface area contributed by atoms with Gasteiger partial charge in [0.1, 0.15) is 11.9 Å². The number of rotatable bonds is 7. The average molecular weight is 290 g/mol. The van der Waals surface area contributed by atoms with Gasteiger partial charge in [0.25, 0.3) is 0 Å². The minimum Gasteiger partial charge on any atom is -0.490 e. The van der Waals surface area contributed by atoms with Crippen LogP contribution in [0.15, 0.2) is 24.3 Å². The third kappa shape index (κ3) is 4.72. The van der Waals surface area contributed by atoms with E-state index >= 15 is 0 Å². The molecule has 1 N–H and O–H groups in total. The average Bonchev–Trinajstić information content (AvgIpc) is 2.52. The normalized spacial score (nSPS) is 18.6. The molecule has 1 fully saturated rings. The summed E-state index contributed by atoms with van der Waals surface area (Å²) in [5, 5.41) is 3.63. The molecule has 3 heteroatoms. The number of nitrogens with one attached hydrogen (secondary N) is 1. The van der Waals surface area contributed by atoms with Crippen LogP contribution in [0, 0.1) is 0 Å². The van der Waals surface area contributed by atoms with Crippen molar-refractivity contribution in [1.29, 1.82) is 0 Å². The highest BCUT2D eigenvalue weighted by atomic mass is 16.5. The molecule has 2 rings (SSSR count). The fourth-order valence-corrected chi connectivity index (χ4v) is 2.95. The van der Waals surface area contributed by atoms with Gasteiger partial charge in [-0.15, -0.1) is 0 Å². The van der Waals surface area contributed by atoms with Crippen LogP contribution in [-0.2, 0) is 0 Å². The summed E-state index contributed by atoms with van der Waals surface area (Å²) in [7, 11) is 2.19. The first-order valence-corrected chi connectivity index (χ1v) is 8.42. The standard InChI is InChI=1S/C18H30N2O/c1-4-12-19-17(5-2)16-8-6-7-9-18(16)21-15-10-13-20(3)14-11-15/h6-9,15,17,19H,4-5,10-14H2,1-3H3. The van der Waals surface area contributed by atoms with Crippen molar-refractivity contribution in [2.75, 3.05) is 26.7 Å². The Morgan fingerprint density at radius 1 is 1.24 bits per heavy atom. The van der Waals surface area contributed by atoms with E-state index in [0.29, 0.717) is 12.1 Å². The van der Waals surface area contributed by atoms with Crippen molar-refractivity contribution in [2.45, 2.75) is 51.7 Å². The number of benzene rings is 1. The number of piperidine rings is 1. The molecule has 0 aliphatic carbocycles. The Hall–Kier alpha value is -1.06. The van der Waals surface area contributed by atoms with Gasteiger partial charge in [-0.05, 0) is 45.3 Å². The first kappa shape index (κ1) is 16.3. The molecule has 1 aromatic carbocycles. The van der Waals surface area contributed by atoms with Gasteiger partial charge in [0.05, 0.1) is 0 Å². The molecule has 1 aliphatic heterocycles. The fraction of sp³-hybridized carbons (Fsp3) is 0.667. The van der Waals surface area contributed by atoms with Crippen LogP contribution in [0.5, 0.6) is 5.75 Å². The van der Waals surface area contributed by atoms with Crippen LogP contribution < -0.4 is 10.1 Å². The zero-order valence-electron chi connectivity index (χ0n) is 13.8. The number of ether oxygens (including phenoxy) is 1. The molecule has 1 aromatic rings. The van der Waals surface area contributed by atoms with Gasteiger partial charge in [0.2, 0.25) is 0 Å². The maximum absolute atomic E-state index is 6.33. The van der Waals surface area contributed by atoms with E-state index in [2.05, 4.69) is 55.4 Å². The molecule has 0 bridgehead atoms. The number of para-hydroxylation sites is 1. The molecular formula is C18H30N2O. The predicted molar refractivity (Wildman–Crippen MR) is 88.9 cm³/mol. The van der Waals surface area contributed by atoms with Crippen LogP contribution in [0.4, 0.5) is 0 Å². The fourth-order valence-electron chi connectivity index (χ4n) is 2.95. The van der Waals surface area contributed by atoms with E-state index in [1.54, 1.807) is 0 Å². The van der Waals surface area contributed by atoms with E-state index in [1.807, 2.05) is 0 Å². The Morgan fingerprint density at radius 3 is 2.62 bits per heavy atom. The van der Waals surface area contributed by atoms with Gasteiger partial charge in [-0.25, -0.2) is 0 Å². The molecule has 0 radical (unpaired) electrons. The van der Waals surface area contributed by atoms with Gasteiger partial charge < -0.3 is 15.0 Å². The molecule has 118 valence electrons. The predicted octanol–water partition coefficient (Wildman–Crippen LogP) is 3.61. The summed E-state index contributed by atoms with van der Waals surface area (Å²) < 4.78 is 6.33. The van der Waals surface area contributed by atoms with Crippen LogP contribution in [0.3, 0.4) is 0 Å². The molecule has 0 saturated carbocycles. The highest BCUT2D eigenvalue weighted by molar-refractivity contribution is 5.36. The Morgan fingerprint density at radius 2 is 1.95 bits per heavy atom. The number of nitrogens with zero attached hydrogens (tertiary/aromatic N) is 1. The van der Waals surface area contributed by atoms with Crippen LogP contribution in [0.1, 0.15) is 51.1 Å². The second kappa shape index (κ2) is 8.40. The SMILES string of the molecule is CCCNC(CC)c1ccccc1OC1CCN(C)CC1. The summed E-state index contributed by atoms with van der Waals surface area (Å²) in [6.07, 6.45) is 4.88. The molecule has 1 heterocycles. The lowest BCUT2D eigenvalue weighted by atomic mass is 10.0. The highest BCUT2D eigenvalue weighted by Crippen LogP contribution is 2.29. The van der Waals surface area contributed by atoms with Gasteiger partial charge in [-0.3, -0.25) is 0 Å². The van der Waals surface area contributed by atoms with E-state index in [4.69, 9.17) is 4.74 Å². The maximum atomic E-state index is 6.33. The second-order valence-electron chi connectivity index (χ2n) is 6.07. The van der Waals surface area contributed by atoms with E-state index in [9.17, 15) is 0 Å². The number of hydrogen-bond acceptors (Lipinski definition) is 3. The summed E-state index contributed by atoms with van der Waals surface area (Å²) in [5.74, 6) is 1.07. The van der Waals surface area contributed by atoms with Crippen molar-refractivity contribution in [3.63, 3.8) is 0 Å². The van der Waals surface area contributed by atoms with E-state index < -0.39 is 0 Å². The zero-order valence-corrected chi connectivity index (χ0v) is 13.8. The first-order chi connectivity index (χ1) is 10.2. The van der Waals surface area contributed by atoms with Crippen LogP contribution in [0.2, 0.25) is 0 Å². The molecule has 1 atom stereocenters. The van der Waals surface area contributed by atoms with Gasteiger partial charge in [-0.1, -0.05) is 32.0 Å². The lowest BCUT2D eigenvalue weighted by molar-refractivity contribution is 0.112. The molecular weight excluding hydrogens is 260 g/mol. The second-order valence-corrected chi connectivity index (χ2v) is 6.07. The minimum atomic E-state index is 0.367. The van der Waals surface area contributed by atoms with Crippen molar-refractivity contribution in [1.82, 2.24) is 10.2 Å². The molecule has 1 aliphatic rings. The maximum Gasteiger partial charge on any atom is 0.124 e. The van der Waals surface area contributed by atoms with Crippen molar-refractivity contribution >= 4 is 0 Å². The first-order valence-electron chi connectivity index (χ1n) is 8.42. The zero-order chi connectivity index (χ0) is 15.1. The van der Waals surface area contributed by atoms with E-state index in [-0.39, 0.29) is 0 Å².